The second kappa shape index (κ2) is 3.57. The van der Waals surface area contributed by atoms with Gasteiger partial charge in [-0.3, -0.25) is 5.43 Å². The summed E-state index contributed by atoms with van der Waals surface area (Å²) >= 11 is 0. The third-order valence-corrected chi connectivity index (χ3v) is 2.04. The minimum Gasteiger partial charge on any atom is -0.464 e. The molecule has 0 saturated carbocycles. The summed E-state index contributed by atoms with van der Waals surface area (Å²) in [6.45, 7) is 3.87. The molecule has 2 N–H and O–H groups in total. The lowest BCUT2D eigenvalue weighted by molar-refractivity contribution is 0.111. The largest absolute Gasteiger partial charge is 0.464 e. The van der Waals surface area contributed by atoms with Gasteiger partial charge in [-0.1, -0.05) is 6.92 Å². The van der Waals surface area contributed by atoms with Crippen LogP contribution in [0.15, 0.2) is 0 Å². The van der Waals surface area contributed by atoms with Crippen LogP contribution in [0.4, 0.5) is 4.79 Å². The number of hydrazine groups is 1. The lowest BCUT2D eigenvalue weighted by Crippen LogP contribution is -2.45. The number of nitrogens with one attached hydrogen (secondary N) is 1. The summed E-state index contributed by atoms with van der Waals surface area (Å²) in [7, 11) is 0. The molecule has 1 heterocycles. The lowest BCUT2D eigenvalue weighted by atomic mass is 10.0. The highest BCUT2D eigenvalue weighted by molar-refractivity contribution is 5.63. The molecule has 4 heteroatoms. The molecule has 11 heavy (non-hydrogen) atoms. The smallest absolute Gasteiger partial charge is 0.419 e. The van der Waals surface area contributed by atoms with E-state index in [2.05, 4.69) is 12.3 Å². The highest BCUT2D eigenvalue weighted by Gasteiger charge is 2.16. The van der Waals surface area contributed by atoms with Crippen molar-refractivity contribution in [1.29, 1.82) is 0 Å². The number of nitrogens with zero attached hydrogens (tertiary/aromatic N) is 1. The van der Waals surface area contributed by atoms with E-state index >= 15 is 0 Å². The highest BCUT2D eigenvalue weighted by atomic mass is 16.4. The number of piperidine rings is 1. The van der Waals surface area contributed by atoms with Crippen LogP contribution in [0.2, 0.25) is 0 Å². The standard InChI is InChI=1S/C7H14N2O2/c1-6-2-4-9(5-3-6)8-7(10)11/h6,8H,2-5H2,1H3,(H,10,11). The number of rotatable bonds is 1. The number of carbonyl (C=O) groups is 1. The summed E-state index contributed by atoms with van der Waals surface area (Å²) < 4.78 is 0. The molecule has 0 unspecified atom stereocenters. The molecule has 0 bridgehead atoms. The van der Waals surface area contributed by atoms with E-state index in [1.54, 1.807) is 5.01 Å². The summed E-state index contributed by atoms with van der Waals surface area (Å²) in [4.78, 5) is 10.2. The van der Waals surface area contributed by atoms with Crippen LogP contribution in [0, 0.1) is 5.92 Å². The summed E-state index contributed by atoms with van der Waals surface area (Å²) in [6, 6.07) is 0. The Hall–Kier alpha value is -0.770. The number of hydrogen-bond acceptors (Lipinski definition) is 2. The molecule has 0 radical (unpaired) electrons. The molecule has 4 nitrogen and oxygen atoms in total. The van der Waals surface area contributed by atoms with Crippen molar-refractivity contribution in [2.75, 3.05) is 13.1 Å². The summed E-state index contributed by atoms with van der Waals surface area (Å²) in [5.41, 5.74) is 2.35. The second-order valence-corrected chi connectivity index (χ2v) is 3.09. The Kier molecular flexibility index (Phi) is 2.70. The van der Waals surface area contributed by atoms with Crippen LogP contribution in [0.3, 0.4) is 0 Å². The van der Waals surface area contributed by atoms with Crippen molar-refractivity contribution in [3.05, 3.63) is 0 Å². The maximum absolute atomic E-state index is 10.2. The van der Waals surface area contributed by atoms with Crippen LogP contribution in [-0.2, 0) is 0 Å². The van der Waals surface area contributed by atoms with E-state index in [1.165, 1.54) is 0 Å². The van der Waals surface area contributed by atoms with Gasteiger partial charge in [-0.25, -0.2) is 9.80 Å². The van der Waals surface area contributed by atoms with Gasteiger partial charge in [-0.2, -0.15) is 0 Å². The Morgan fingerprint density at radius 1 is 1.55 bits per heavy atom. The molecule has 0 aliphatic carbocycles. The number of hydrogen-bond donors (Lipinski definition) is 2. The second-order valence-electron chi connectivity index (χ2n) is 3.09. The van der Waals surface area contributed by atoms with Crippen molar-refractivity contribution in [3.8, 4) is 0 Å². The first-order valence-corrected chi connectivity index (χ1v) is 3.93. The predicted octanol–water partition coefficient (Wildman–Crippen LogP) is 0.901. The summed E-state index contributed by atoms with van der Waals surface area (Å²) in [5, 5.41) is 10.1. The average molecular weight is 158 g/mol. The van der Waals surface area contributed by atoms with Crippen molar-refractivity contribution in [1.82, 2.24) is 10.4 Å². The van der Waals surface area contributed by atoms with Crippen molar-refractivity contribution in [2.45, 2.75) is 19.8 Å². The van der Waals surface area contributed by atoms with E-state index in [0.717, 1.165) is 31.8 Å². The Morgan fingerprint density at radius 3 is 2.55 bits per heavy atom. The van der Waals surface area contributed by atoms with E-state index in [-0.39, 0.29) is 0 Å². The zero-order chi connectivity index (χ0) is 8.27. The Morgan fingerprint density at radius 2 is 2.09 bits per heavy atom. The fraction of sp³-hybridized carbons (Fsp3) is 0.857. The van der Waals surface area contributed by atoms with Gasteiger partial charge in [0.15, 0.2) is 0 Å². The first-order chi connectivity index (χ1) is 5.18. The Labute approximate surface area is 66.2 Å². The lowest BCUT2D eigenvalue weighted by Gasteiger charge is -2.28. The molecule has 0 aromatic heterocycles. The van der Waals surface area contributed by atoms with Gasteiger partial charge in [-0.05, 0) is 18.8 Å². The zero-order valence-electron chi connectivity index (χ0n) is 6.71. The van der Waals surface area contributed by atoms with Crippen LogP contribution in [0.25, 0.3) is 0 Å². The average Bonchev–Trinajstić information content (AvgIpc) is 1.93. The van der Waals surface area contributed by atoms with Crippen LogP contribution in [0.1, 0.15) is 19.8 Å². The summed E-state index contributed by atoms with van der Waals surface area (Å²) in [5.74, 6) is 0.738. The summed E-state index contributed by atoms with van der Waals surface area (Å²) in [6.07, 6.45) is 1.21. The molecule has 0 aromatic carbocycles. The van der Waals surface area contributed by atoms with E-state index in [1.807, 2.05) is 0 Å². The molecule has 0 aromatic rings. The van der Waals surface area contributed by atoms with Gasteiger partial charge in [-0.15, -0.1) is 0 Å². The van der Waals surface area contributed by atoms with Gasteiger partial charge in [0.2, 0.25) is 0 Å². The van der Waals surface area contributed by atoms with Crippen molar-refractivity contribution < 1.29 is 9.90 Å². The minimum atomic E-state index is -0.959. The molecule has 1 saturated heterocycles. The molecule has 1 aliphatic heterocycles. The van der Waals surface area contributed by atoms with Gasteiger partial charge in [0.25, 0.3) is 0 Å². The predicted molar refractivity (Wildman–Crippen MR) is 41.1 cm³/mol. The monoisotopic (exact) mass is 158 g/mol. The molecule has 1 rings (SSSR count). The normalized spacial score (nSPS) is 21.5. The van der Waals surface area contributed by atoms with E-state index < -0.39 is 6.09 Å². The first kappa shape index (κ1) is 8.33. The fourth-order valence-electron chi connectivity index (χ4n) is 1.26. The number of amides is 1. The minimum absolute atomic E-state index is 0.738. The fourth-order valence-corrected chi connectivity index (χ4v) is 1.26. The SMILES string of the molecule is CC1CCN(NC(=O)O)CC1. The third kappa shape index (κ3) is 2.76. The van der Waals surface area contributed by atoms with Gasteiger partial charge < -0.3 is 5.11 Å². The molecule has 0 spiro atoms. The molecule has 1 amide bonds. The quantitative estimate of drug-likeness (QED) is 0.596. The van der Waals surface area contributed by atoms with Crippen LogP contribution in [0.5, 0.6) is 0 Å². The zero-order valence-corrected chi connectivity index (χ0v) is 6.71. The topological polar surface area (TPSA) is 52.6 Å². The van der Waals surface area contributed by atoms with Gasteiger partial charge in [0.05, 0.1) is 0 Å². The third-order valence-electron chi connectivity index (χ3n) is 2.04. The molecule has 64 valence electrons. The maximum atomic E-state index is 10.2. The first-order valence-electron chi connectivity index (χ1n) is 3.93. The van der Waals surface area contributed by atoms with Crippen molar-refractivity contribution in [2.24, 2.45) is 5.92 Å². The highest BCUT2D eigenvalue weighted by Crippen LogP contribution is 2.13. The molecule has 1 aliphatic rings. The van der Waals surface area contributed by atoms with E-state index in [0.29, 0.717) is 0 Å². The Balaban J connectivity index is 2.22. The molecular weight excluding hydrogens is 144 g/mol. The van der Waals surface area contributed by atoms with E-state index in [4.69, 9.17) is 5.11 Å². The van der Waals surface area contributed by atoms with Gasteiger partial charge >= 0.3 is 6.09 Å². The molecule has 1 fully saturated rings. The van der Waals surface area contributed by atoms with E-state index in [9.17, 15) is 4.79 Å². The molecular formula is C7H14N2O2. The van der Waals surface area contributed by atoms with Crippen LogP contribution >= 0.6 is 0 Å². The molecule has 0 atom stereocenters. The Bertz CT molecular complexity index is 141. The van der Waals surface area contributed by atoms with Crippen LogP contribution < -0.4 is 5.43 Å². The van der Waals surface area contributed by atoms with Crippen molar-refractivity contribution >= 4 is 6.09 Å². The van der Waals surface area contributed by atoms with Gasteiger partial charge in [0.1, 0.15) is 0 Å². The number of carboxylic acid groups (broad SMARTS) is 1. The van der Waals surface area contributed by atoms with Crippen LogP contribution in [-0.4, -0.2) is 29.3 Å². The van der Waals surface area contributed by atoms with Gasteiger partial charge in [0, 0.05) is 13.1 Å². The van der Waals surface area contributed by atoms with Crippen molar-refractivity contribution in [3.63, 3.8) is 0 Å². The maximum Gasteiger partial charge on any atom is 0.419 e.